The zero-order chi connectivity index (χ0) is 15.4. The number of carbonyl (C=O) groups excluding carboxylic acids is 2. The first-order chi connectivity index (χ1) is 9.99. The highest BCUT2D eigenvalue weighted by Gasteiger charge is 2.28. The summed E-state index contributed by atoms with van der Waals surface area (Å²) in [5.74, 6) is 0.291. The van der Waals surface area contributed by atoms with Gasteiger partial charge in [0.15, 0.2) is 0 Å². The Hall–Kier alpha value is -2.04. The monoisotopic (exact) mass is 289 g/mol. The number of amides is 3. The van der Waals surface area contributed by atoms with Gasteiger partial charge in [-0.1, -0.05) is 30.3 Å². The van der Waals surface area contributed by atoms with Gasteiger partial charge in [0.05, 0.1) is 0 Å². The molecular weight excluding hydrogens is 266 g/mol. The van der Waals surface area contributed by atoms with Crippen molar-refractivity contribution < 1.29 is 9.59 Å². The second-order valence-corrected chi connectivity index (χ2v) is 5.75. The molecule has 5 heteroatoms. The van der Waals surface area contributed by atoms with Gasteiger partial charge in [0.1, 0.15) is 6.04 Å². The van der Waals surface area contributed by atoms with E-state index >= 15 is 0 Å². The van der Waals surface area contributed by atoms with E-state index in [4.69, 9.17) is 0 Å². The Kier molecular flexibility index (Phi) is 4.83. The molecule has 1 heterocycles. The zero-order valence-corrected chi connectivity index (χ0v) is 12.9. The molecule has 1 saturated heterocycles. The molecule has 0 radical (unpaired) electrons. The van der Waals surface area contributed by atoms with Crippen LogP contribution in [0.3, 0.4) is 0 Å². The first-order valence-electron chi connectivity index (χ1n) is 7.30. The van der Waals surface area contributed by atoms with Crippen molar-refractivity contribution in [2.24, 2.45) is 0 Å². The van der Waals surface area contributed by atoms with Crippen LogP contribution in [0.5, 0.6) is 0 Å². The largest absolute Gasteiger partial charge is 0.347 e. The lowest BCUT2D eigenvalue weighted by Gasteiger charge is -2.22. The lowest BCUT2D eigenvalue weighted by Crippen LogP contribution is -2.48. The molecule has 1 N–H and O–H groups in total. The van der Waals surface area contributed by atoms with Crippen molar-refractivity contribution in [3.63, 3.8) is 0 Å². The van der Waals surface area contributed by atoms with Gasteiger partial charge in [-0.2, -0.15) is 0 Å². The molecule has 1 aromatic rings. The third-order valence-corrected chi connectivity index (χ3v) is 3.90. The quantitative estimate of drug-likeness (QED) is 0.920. The molecule has 21 heavy (non-hydrogen) atoms. The number of carbonyl (C=O) groups is 2. The normalized spacial score (nSPS) is 19.2. The molecule has 0 spiro atoms. The van der Waals surface area contributed by atoms with Gasteiger partial charge < -0.3 is 15.1 Å². The van der Waals surface area contributed by atoms with Gasteiger partial charge in [0.25, 0.3) is 0 Å². The van der Waals surface area contributed by atoms with E-state index in [0.29, 0.717) is 12.5 Å². The molecule has 114 valence electrons. The first-order valence-corrected chi connectivity index (χ1v) is 7.30. The van der Waals surface area contributed by atoms with Crippen LogP contribution in [0.1, 0.15) is 24.8 Å². The summed E-state index contributed by atoms with van der Waals surface area (Å²) in [6, 6.07) is 9.59. The summed E-state index contributed by atoms with van der Waals surface area (Å²) < 4.78 is 0. The van der Waals surface area contributed by atoms with Gasteiger partial charge in [0, 0.05) is 33.1 Å². The van der Waals surface area contributed by atoms with Crippen LogP contribution in [-0.4, -0.2) is 55.0 Å². The van der Waals surface area contributed by atoms with Crippen molar-refractivity contribution in [1.29, 1.82) is 0 Å². The molecule has 0 aromatic heterocycles. The van der Waals surface area contributed by atoms with Gasteiger partial charge in [-0.05, 0) is 18.9 Å². The molecule has 1 aliphatic heterocycles. The van der Waals surface area contributed by atoms with Crippen LogP contribution >= 0.6 is 0 Å². The summed E-state index contributed by atoms with van der Waals surface area (Å²) in [6.07, 6.45) is 0.966. The molecule has 0 aliphatic carbocycles. The number of nitrogens with one attached hydrogen (secondary N) is 1. The van der Waals surface area contributed by atoms with E-state index in [1.165, 1.54) is 10.5 Å². The molecule has 2 rings (SSSR count). The second kappa shape index (κ2) is 6.61. The summed E-state index contributed by atoms with van der Waals surface area (Å²) in [7, 11) is 3.37. The summed E-state index contributed by atoms with van der Waals surface area (Å²) in [4.78, 5) is 27.3. The number of likely N-dealkylation sites (N-methyl/N-ethyl adjacent to an activating group) is 1. The van der Waals surface area contributed by atoms with E-state index in [9.17, 15) is 9.59 Å². The van der Waals surface area contributed by atoms with Crippen LogP contribution in [0.4, 0.5) is 4.79 Å². The maximum Gasteiger partial charge on any atom is 0.318 e. The smallest absolute Gasteiger partial charge is 0.318 e. The number of hydrogen-bond acceptors (Lipinski definition) is 2. The van der Waals surface area contributed by atoms with Crippen LogP contribution in [0, 0.1) is 0 Å². The molecule has 1 fully saturated rings. The van der Waals surface area contributed by atoms with Crippen LogP contribution in [0.25, 0.3) is 0 Å². The number of hydrogen-bond donors (Lipinski definition) is 1. The highest BCUT2D eigenvalue weighted by Crippen LogP contribution is 2.26. The van der Waals surface area contributed by atoms with Crippen LogP contribution in [-0.2, 0) is 4.79 Å². The third kappa shape index (κ3) is 3.74. The van der Waals surface area contributed by atoms with Gasteiger partial charge in [0.2, 0.25) is 5.91 Å². The summed E-state index contributed by atoms with van der Waals surface area (Å²) >= 11 is 0. The fraction of sp³-hybridized carbons (Fsp3) is 0.500. The molecule has 0 unspecified atom stereocenters. The Bertz CT molecular complexity index is 502. The summed E-state index contributed by atoms with van der Waals surface area (Å²) in [5.41, 5.74) is 1.27. The molecular formula is C16H23N3O2. The molecule has 2 atom stereocenters. The zero-order valence-electron chi connectivity index (χ0n) is 12.9. The van der Waals surface area contributed by atoms with Gasteiger partial charge in [-0.3, -0.25) is 4.79 Å². The predicted molar refractivity (Wildman–Crippen MR) is 82.1 cm³/mol. The van der Waals surface area contributed by atoms with Crippen molar-refractivity contribution in [3.05, 3.63) is 35.9 Å². The molecule has 0 saturated carbocycles. The minimum absolute atomic E-state index is 0.0952. The van der Waals surface area contributed by atoms with Gasteiger partial charge in [-0.15, -0.1) is 0 Å². The minimum atomic E-state index is -0.497. The summed E-state index contributed by atoms with van der Waals surface area (Å²) in [6.45, 7) is 3.15. The standard InChI is InChI=1S/C16H23N3O2/c1-12(15(20)18(2)3)17-16(21)19-10-9-14(11-19)13-7-5-4-6-8-13/h4-8,12,14H,9-11H2,1-3H3,(H,17,21)/t12-,14-/m0/s1. The van der Waals surface area contributed by atoms with E-state index in [-0.39, 0.29) is 11.9 Å². The van der Waals surface area contributed by atoms with Crippen molar-refractivity contribution in [2.45, 2.75) is 25.3 Å². The van der Waals surface area contributed by atoms with E-state index < -0.39 is 6.04 Å². The highest BCUT2D eigenvalue weighted by molar-refractivity contribution is 5.86. The fourth-order valence-electron chi connectivity index (χ4n) is 2.67. The summed E-state index contributed by atoms with van der Waals surface area (Å²) in [5, 5.41) is 2.77. The van der Waals surface area contributed by atoms with Crippen molar-refractivity contribution >= 4 is 11.9 Å². The number of benzene rings is 1. The fourth-order valence-corrected chi connectivity index (χ4v) is 2.67. The van der Waals surface area contributed by atoms with Crippen LogP contribution in [0.15, 0.2) is 30.3 Å². The van der Waals surface area contributed by atoms with Crippen molar-refractivity contribution in [1.82, 2.24) is 15.1 Å². The molecule has 3 amide bonds. The second-order valence-electron chi connectivity index (χ2n) is 5.75. The molecule has 1 aromatic carbocycles. The number of nitrogens with zero attached hydrogens (tertiary/aromatic N) is 2. The number of urea groups is 1. The maximum absolute atomic E-state index is 12.2. The number of rotatable bonds is 3. The van der Waals surface area contributed by atoms with Crippen molar-refractivity contribution in [2.75, 3.05) is 27.2 Å². The molecule has 0 bridgehead atoms. The van der Waals surface area contributed by atoms with Gasteiger partial charge >= 0.3 is 6.03 Å². The van der Waals surface area contributed by atoms with E-state index in [2.05, 4.69) is 17.4 Å². The average Bonchev–Trinajstić information content (AvgIpc) is 2.97. The van der Waals surface area contributed by atoms with Crippen LogP contribution in [0.2, 0.25) is 0 Å². The lowest BCUT2D eigenvalue weighted by molar-refractivity contribution is -0.130. The van der Waals surface area contributed by atoms with E-state index in [0.717, 1.165) is 13.0 Å². The Morgan fingerprint density at radius 1 is 1.29 bits per heavy atom. The number of likely N-dealkylation sites (tertiary alicyclic amines) is 1. The van der Waals surface area contributed by atoms with Crippen molar-refractivity contribution in [3.8, 4) is 0 Å². The molecule has 1 aliphatic rings. The maximum atomic E-state index is 12.2. The third-order valence-electron chi connectivity index (χ3n) is 3.90. The Morgan fingerprint density at radius 2 is 1.95 bits per heavy atom. The van der Waals surface area contributed by atoms with E-state index in [1.807, 2.05) is 18.2 Å². The average molecular weight is 289 g/mol. The highest BCUT2D eigenvalue weighted by atomic mass is 16.2. The lowest BCUT2D eigenvalue weighted by atomic mass is 9.99. The topological polar surface area (TPSA) is 52.7 Å². The minimum Gasteiger partial charge on any atom is -0.347 e. The SMILES string of the molecule is C[C@H](NC(=O)N1CC[C@H](c2ccccc2)C1)C(=O)N(C)C. The van der Waals surface area contributed by atoms with Gasteiger partial charge in [-0.25, -0.2) is 4.79 Å². The predicted octanol–water partition coefficient (Wildman–Crippen LogP) is 1.66. The Morgan fingerprint density at radius 3 is 2.57 bits per heavy atom. The van der Waals surface area contributed by atoms with Crippen LogP contribution < -0.4 is 5.32 Å². The first kappa shape index (κ1) is 15.4. The Balaban J connectivity index is 1.89. The van der Waals surface area contributed by atoms with E-state index in [1.54, 1.807) is 25.9 Å². The molecule has 5 nitrogen and oxygen atoms in total. The Labute approximate surface area is 125 Å².